The molecule has 0 unspecified atom stereocenters. The normalized spacial score (nSPS) is 12.5. The van der Waals surface area contributed by atoms with Gasteiger partial charge < -0.3 is 10.1 Å². The molecule has 0 spiro atoms. The molecule has 0 aliphatic rings. The Labute approximate surface area is 133 Å². The number of hydrogen-bond donors (Lipinski definition) is 2. The van der Waals surface area contributed by atoms with Gasteiger partial charge in [0, 0.05) is 0 Å². The van der Waals surface area contributed by atoms with Crippen LogP contribution in [0.5, 0.6) is 0 Å². The van der Waals surface area contributed by atoms with Gasteiger partial charge in [-0.25, -0.2) is 4.79 Å². The van der Waals surface area contributed by atoms with Crippen molar-refractivity contribution in [3.05, 3.63) is 34.9 Å². The van der Waals surface area contributed by atoms with Crippen LogP contribution in [0.1, 0.15) is 23.7 Å². The largest absolute Gasteiger partial charge is 0.464 e. The molecule has 0 fully saturated rings. The zero-order valence-electron chi connectivity index (χ0n) is 11.8. The molecule has 0 saturated heterocycles. The van der Waals surface area contributed by atoms with Crippen molar-refractivity contribution < 1.29 is 27.3 Å². The second-order valence-corrected chi connectivity index (χ2v) is 6.31. The van der Waals surface area contributed by atoms with Gasteiger partial charge in [0.05, 0.1) is 22.9 Å². The lowest BCUT2D eigenvalue weighted by Gasteiger charge is -2.17. The summed E-state index contributed by atoms with van der Waals surface area (Å²) in [4.78, 5) is 23.9. The maximum absolute atomic E-state index is 12.1. The summed E-state index contributed by atoms with van der Waals surface area (Å²) in [7, 11) is -4.26. The molecule has 9 heteroatoms. The van der Waals surface area contributed by atoms with E-state index in [2.05, 4.69) is 5.32 Å². The number of hydrogen-bond acceptors (Lipinski definition) is 5. The van der Waals surface area contributed by atoms with Crippen molar-refractivity contribution in [2.45, 2.75) is 19.4 Å². The molecule has 122 valence electrons. The smallest absolute Gasteiger partial charge is 0.328 e. The van der Waals surface area contributed by atoms with E-state index in [0.29, 0.717) is 0 Å². The van der Waals surface area contributed by atoms with Gasteiger partial charge in [0.1, 0.15) is 6.04 Å². The fourth-order valence-corrected chi connectivity index (χ4v) is 2.40. The highest BCUT2D eigenvalue weighted by molar-refractivity contribution is 7.85. The Kier molecular flexibility index (Phi) is 6.79. The van der Waals surface area contributed by atoms with Crippen LogP contribution in [0.15, 0.2) is 24.3 Å². The molecule has 0 aliphatic carbocycles. The zero-order valence-corrected chi connectivity index (χ0v) is 13.4. The Morgan fingerprint density at radius 3 is 2.55 bits per heavy atom. The van der Waals surface area contributed by atoms with Gasteiger partial charge in [0.2, 0.25) is 0 Å². The third-order valence-corrected chi connectivity index (χ3v) is 3.74. The molecule has 1 aromatic carbocycles. The van der Waals surface area contributed by atoms with Gasteiger partial charge >= 0.3 is 5.97 Å². The number of esters is 1. The summed E-state index contributed by atoms with van der Waals surface area (Å²) in [5.41, 5.74) is 0.144. The van der Waals surface area contributed by atoms with E-state index >= 15 is 0 Å². The maximum Gasteiger partial charge on any atom is 0.328 e. The third kappa shape index (κ3) is 6.00. The molecule has 1 amide bonds. The van der Waals surface area contributed by atoms with Gasteiger partial charge in [-0.1, -0.05) is 23.7 Å². The summed E-state index contributed by atoms with van der Waals surface area (Å²) in [6.07, 6.45) is -0.312. The summed E-state index contributed by atoms with van der Waals surface area (Å²) < 4.78 is 35.1. The van der Waals surface area contributed by atoms with Gasteiger partial charge in [-0.3, -0.25) is 9.35 Å². The number of rotatable bonds is 7. The monoisotopic (exact) mass is 349 g/mol. The van der Waals surface area contributed by atoms with Crippen LogP contribution in [0.3, 0.4) is 0 Å². The minimum Gasteiger partial charge on any atom is -0.464 e. The van der Waals surface area contributed by atoms with Crippen LogP contribution < -0.4 is 5.32 Å². The van der Waals surface area contributed by atoms with Crippen molar-refractivity contribution in [2.75, 3.05) is 12.4 Å². The van der Waals surface area contributed by atoms with Crippen molar-refractivity contribution in [1.29, 1.82) is 0 Å². The zero-order chi connectivity index (χ0) is 16.8. The first-order chi connectivity index (χ1) is 10.2. The average molecular weight is 350 g/mol. The van der Waals surface area contributed by atoms with Crippen molar-refractivity contribution >= 4 is 33.6 Å². The van der Waals surface area contributed by atoms with Gasteiger partial charge in [-0.2, -0.15) is 8.42 Å². The van der Waals surface area contributed by atoms with E-state index in [1.54, 1.807) is 19.1 Å². The van der Waals surface area contributed by atoms with Crippen LogP contribution >= 0.6 is 11.6 Å². The number of amides is 1. The average Bonchev–Trinajstić information content (AvgIpc) is 2.42. The lowest BCUT2D eigenvalue weighted by molar-refractivity contribution is -0.145. The van der Waals surface area contributed by atoms with E-state index in [9.17, 15) is 18.0 Å². The molecule has 0 aromatic heterocycles. The molecule has 2 N–H and O–H groups in total. The first-order valence-electron chi connectivity index (χ1n) is 6.41. The Bertz CT molecular complexity index is 646. The topological polar surface area (TPSA) is 110 Å². The first-order valence-corrected chi connectivity index (χ1v) is 8.40. The lowest BCUT2D eigenvalue weighted by Crippen LogP contribution is -2.43. The first kappa shape index (κ1) is 18.4. The number of carbonyl (C=O) groups is 2. The Morgan fingerprint density at radius 2 is 2.00 bits per heavy atom. The van der Waals surface area contributed by atoms with Crippen LogP contribution in [0, 0.1) is 0 Å². The highest BCUT2D eigenvalue weighted by Gasteiger charge is 2.25. The third-order valence-electron chi connectivity index (χ3n) is 2.66. The summed E-state index contributed by atoms with van der Waals surface area (Å²) >= 11 is 5.88. The van der Waals surface area contributed by atoms with E-state index in [4.69, 9.17) is 20.9 Å². The fourth-order valence-electron chi connectivity index (χ4n) is 1.64. The quantitative estimate of drug-likeness (QED) is 0.566. The number of carbonyl (C=O) groups excluding carboxylic acids is 2. The van der Waals surface area contributed by atoms with Gasteiger partial charge in [-0.15, -0.1) is 0 Å². The second-order valence-electron chi connectivity index (χ2n) is 4.33. The molecular weight excluding hydrogens is 334 g/mol. The second kappa shape index (κ2) is 8.11. The predicted molar refractivity (Wildman–Crippen MR) is 80.4 cm³/mol. The van der Waals surface area contributed by atoms with Crippen molar-refractivity contribution in [1.82, 2.24) is 5.32 Å². The number of ether oxygens (including phenoxy) is 1. The SMILES string of the molecule is CCOC(=O)[C@H](CCS(=O)(=O)O)NC(=O)c1ccccc1Cl. The molecule has 0 saturated carbocycles. The van der Waals surface area contributed by atoms with Crippen LogP contribution in [0.2, 0.25) is 5.02 Å². The number of benzene rings is 1. The minimum absolute atomic E-state index is 0.0726. The molecule has 1 rings (SSSR count). The van der Waals surface area contributed by atoms with Crippen molar-refractivity contribution in [2.24, 2.45) is 0 Å². The van der Waals surface area contributed by atoms with Crippen LogP contribution in [0.4, 0.5) is 0 Å². The van der Waals surface area contributed by atoms with Crippen molar-refractivity contribution in [3.63, 3.8) is 0 Å². The molecule has 0 bridgehead atoms. The van der Waals surface area contributed by atoms with Gasteiger partial charge in [0.15, 0.2) is 0 Å². The maximum atomic E-state index is 12.1. The molecule has 0 radical (unpaired) electrons. The highest BCUT2D eigenvalue weighted by atomic mass is 35.5. The predicted octanol–water partition coefficient (Wildman–Crippen LogP) is 1.28. The molecule has 0 heterocycles. The minimum atomic E-state index is -4.26. The fraction of sp³-hybridized carbons (Fsp3) is 0.385. The number of halogens is 1. The molecule has 1 aromatic rings. The summed E-state index contributed by atoms with van der Waals surface area (Å²) in [5, 5.41) is 2.55. The van der Waals surface area contributed by atoms with Crippen LogP contribution in [0.25, 0.3) is 0 Å². The van der Waals surface area contributed by atoms with Crippen LogP contribution in [-0.2, 0) is 19.6 Å². The molecule has 0 aliphatic heterocycles. The van der Waals surface area contributed by atoms with Gasteiger partial charge in [-0.05, 0) is 25.5 Å². The van der Waals surface area contributed by atoms with E-state index in [1.807, 2.05) is 0 Å². The summed E-state index contributed by atoms with van der Waals surface area (Å²) in [6.45, 7) is 1.65. The molecule has 7 nitrogen and oxygen atoms in total. The van der Waals surface area contributed by atoms with Gasteiger partial charge in [0.25, 0.3) is 16.0 Å². The van der Waals surface area contributed by atoms with E-state index in [1.165, 1.54) is 12.1 Å². The number of nitrogens with one attached hydrogen (secondary N) is 1. The molecular formula is C13H16ClNO6S. The summed E-state index contributed by atoms with van der Waals surface area (Å²) in [5.74, 6) is -2.11. The van der Waals surface area contributed by atoms with E-state index in [-0.39, 0.29) is 23.6 Å². The Balaban J connectivity index is 2.85. The van der Waals surface area contributed by atoms with E-state index < -0.39 is 33.8 Å². The van der Waals surface area contributed by atoms with Crippen LogP contribution in [-0.4, -0.2) is 43.2 Å². The standard InChI is InChI=1S/C13H16ClNO6S/c1-2-21-13(17)11(7-8-22(18,19)20)15-12(16)9-5-3-4-6-10(9)14/h3-6,11H,2,7-8H2,1H3,(H,15,16)(H,18,19,20)/t11-/m0/s1. The molecule has 1 atom stereocenters. The summed E-state index contributed by atoms with van der Waals surface area (Å²) in [6, 6.07) is 5.00. The Hall–Kier alpha value is -1.64. The highest BCUT2D eigenvalue weighted by Crippen LogP contribution is 2.15. The lowest BCUT2D eigenvalue weighted by atomic mass is 10.1. The molecule has 22 heavy (non-hydrogen) atoms. The van der Waals surface area contributed by atoms with E-state index in [0.717, 1.165) is 0 Å². The Morgan fingerprint density at radius 1 is 1.36 bits per heavy atom. The van der Waals surface area contributed by atoms with Crippen molar-refractivity contribution in [3.8, 4) is 0 Å².